The average molecular weight is 224 g/mol. The van der Waals surface area contributed by atoms with E-state index in [-0.39, 0.29) is 11.1 Å². The van der Waals surface area contributed by atoms with E-state index in [0.29, 0.717) is 0 Å². The molecule has 3 N–H and O–H groups in total. The number of aliphatic hydroxyl groups is 1. The Morgan fingerprint density at radius 3 is 1.20 bits per heavy atom. The maximum Gasteiger partial charge on any atom is 0.0594 e. The molecule has 0 aromatic heterocycles. The first kappa shape index (κ1) is 24.2. The molecule has 0 radical (unpaired) electrons. The van der Waals surface area contributed by atoms with E-state index in [1.807, 2.05) is 20.8 Å². The molecule has 15 heavy (non-hydrogen) atoms. The van der Waals surface area contributed by atoms with Crippen molar-refractivity contribution in [2.45, 2.75) is 65.9 Å². The van der Waals surface area contributed by atoms with Gasteiger partial charge in [0, 0.05) is 14.2 Å². The molecule has 0 aromatic rings. The Morgan fingerprint density at radius 1 is 0.933 bits per heavy atom. The van der Waals surface area contributed by atoms with Gasteiger partial charge in [-0.3, -0.25) is 0 Å². The third-order valence-electron chi connectivity index (χ3n) is 1.57. The molecule has 0 spiro atoms. The Kier molecular flexibility index (Phi) is 31.4. The zero-order valence-electron chi connectivity index (χ0n) is 11.7. The molecule has 0 bridgehead atoms. The molecule has 0 amide bonds. The van der Waals surface area contributed by atoms with E-state index in [1.165, 1.54) is 25.7 Å². The van der Waals surface area contributed by atoms with Crippen LogP contribution in [0.4, 0.5) is 0 Å². The number of methoxy groups -OCH3 is 1. The third-order valence-corrected chi connectivity index (χ3v) is 1.57. The topological polar surface area (TPSA) is 61.0 Å². The fourth-order valence-electron chi connectivity index (χ4n) is 0.500. The van der Waals surface area contributed by atoms with Gasteiger partial charge in [0.05, 0.1) is 5.60 Å². The summed E-state index contributed by atoms with van der Waals surface area (Å²) in [6, 6.07) is 0. The summed E-state index contributed by atoms with van der Waals surface area (Å²) < 4.78 is 4.94. The molecular weight excluding hydrogens is 192 g/mol. The molecule has 0 rings (SSSR count). The molecule has 0 aromatic carbocycles. The highest BCUT2D eigenvalue weighted by atomic mass is 16.5. The lowest BCUT2D eigenvalue weighted by Crippen LogP contribution is -2.15. The van der Waals surface area contributed by atoms with Crippen LogP contribution in [0.2, 0.25) is 0 Å². The first-order valence-corrected chi connectivity index (χ1v) is 5.47. The standard InChI is InChI=1S/C6H14.C5H12O.CH4O.H2O/c1-3-5-6-4-2;1-5(2,3)6-4;1-2;/h3-6H2,1-2H3;1-4H3;2H,1H3;1H2. The summed E-state index contributed by atoms with van der Waals surface area (Å²) in [7, 11) is 2.71. The van der Waals surface area contributed by atoms with Crippen LogP contribution in [-0.2, 0) is 4.74 Å². The van der Waals surface area contributed by atoms with Gasteiger partial charge in [-0.05, 0) is 20.8 Å². The molecule has 0 aliphatic heterocycles. The van der Waals surface area contributed by atoms with E-state index < -0.39 is 0 Å². The number of hydrogen-bond acceptors (Lipinski definition) is 2. The van der Waals surface area contributed by atoms with Crippen molar-refractivity contribution in [1.29, 1.82) is 0 Å². The molecule has 0 heterocycles. The van der Waals surface area contributed by atoms with Crippen molar-refractivity contribution in [3.8, 4) is 0 Å². The lowest BCUT2D eigenvalue weighted by atomic mass is 10.2. The quantitative estimate of drug-likeness (QED) is 0.749. The monoisotopic (exact) mass is 224 g/mol. The molecule has 98 valence electrons. The summed E-state index contributed by atoms with van der Waals surface area (Å²) in [5, 5.41) is 7.00. The maximum atomic E-state index is 7.00. The van der Waals surface area contributed by atoms with E-state index in [9.17, 15) is 0 Å². The summed E-state index contributed by atoms with van der Waals surface area (Å²) in [5.74, 6) is 0. The van der Waals surface area contributed by atoms with E-state index in [4.69, 9.17) is 9.84 Å². The van der Waals surface area contributed by atoms with Crippen LogP contribution in [-0.4, -0.2) is 30.4 Å². The van der Waals surface area contributed by atoms with Crippen LogP contribution in [0.5, 0.6) is 0 Å². The summed E-state index contributed by atoms with van der Waals surface area (Å²) in [4.78, 5) is 0. The SMILES string of the molecule is CCCCCC.CO.COC(C)(C)C.O. The number of aliphatic hydroxyl groups excluding tert-OH is 1. The van der Waals surface area contributed by atoms with Gasteiger partial charge in [0.25, 0.3) is 0 Å². The maximum absolute atomic E-state index is 7.00. The van der Waals surface area contributed by atoms with Crippen LogP contribution in [0.1, 0.15) is 60.3 Å². The summed E-state index contributed by atoms with van der Waals surface area (Å²) >= 11 is 0. The summed E-state index contributed by atoms with van der Waals surface area (Å²) in [5.41, 5.74) is 0.0417. The summed E-state index contributed by atoms with van der Waals surface area (Å²) in [6.07, 6.45) is 5.54. The zero-order valence-corrected chi connectivity index (χ0v) is 11.7. The van der Waals surface area contributed by atoms with Gasteiger partial charge in [-0.25, -0.2) is 0 Å². The van der Waals surface area contributed by atoms with Crippen molar-refractivity contribution in [2.75, 3.05) is 14.2 Å². The van der Waals surface area contributed by atoms with Gasteiger partial charge in [-0.15, -0.1) is 0 Å². The molecule has 0 atom stereocenters. The molecule has 0 saturated heterocycles. The second-order valence-electron chi connectivity index (χ2n) is 4.02. The Balaban J connectivity index is -0.0000000653. The molecule has 3 nitrogen and oxygen atoms in total. The van der Waals surface area contributed by atoms with E-state index >= 15 is 0 Å². The van der Waals surface area contributed by atoms with Crippen LogP contribution < -0.4 is 0 Å². The van der Waals surface area contributed by atoms with Crippen molar-refractivity contribution >= 4 is 0 Å². The summed E-state index contributed by atoms with van der Waals surface area (Å²) in [6.45, 7) is 10.5. The smallest absolute Gasteiger partial charge is 0.0594 e. The van der Waals surface area contributed by atoms with Crippen LogP contribution in [0.15, 0.2) is 0 Å². The second kappa shape index (κ2) is 19.5. The predicted octanol–water partition coefficient (Wildman–Crippen LogP) is 2.80. The largest absolute Gasteiger partial charge is 0.412 e. The van der Waals surface area contributed by atoms with Crippen molar-refractivity contribution < 1.29 is 15.3 Å². The highest BCUT2D eigenvalue weighted by Gasteiger charge is 2.03. The van der Waals surface area contributed by atoms with Crippen LogP contribution in [0.3, 0.4) is 0 Å². The first-order chi connectivity index (χ1) is 6.47. The Labute approximate surface area is 96.2 Å². The van der Waals surface area contributed by atoms with Crippen molar-refractivity contribution in [3.05, 3.63) is 0 Å². The Bertz CT molecular complexity index is 73.4. The second-order valence-corrected chi connectivity index (χ2v) is 4.02. The Hall–Kier alpha value is -0.120. The third kappa shape index (κ3) is 56.7. The van der Waals surface area contributed by atoms with Crippen molar-refractivity contribution in [1.82, 2.24) is 0 Å². The number of ether oxygens (including phenoxy) is 1. The lowest BCUT2D eigenvalue weighted by Gasteiger charge is -2.14. The molecular formula is C12H32O3. The molecule has 3 heteroatoms. The predicted molar refractivity (Wildman–Crippen MR) is 68.3 cm³/mol. The normalized spacial score (nSPS) is 8.80. The van der Waals surface area contributed by atoms with E-state index in [0.717, 1.165) is 7.11 Å². The number of rotatable bonds is 3. The number of unbranched alkanes of at least 4 members (excludes halogenated alkanes) is 3. The van der Waals surface area contributed by atoms with Gasteiger partial charge in [0.15, 0.2) is 0 Å². The van der Waals surface area contributed by atoms with Gasteiger partial charge >= 0.3 is 0 Å². The molecule has 0 fully saturated rings. The molecule has 0 aliphatic carbocycles. The molecule has 0 aliphatic rings. The highest BCUT2D eigenvalue weighted by molar-refractivity contribution is 4.55. The van der Waals surface area contributed by atoms with Gasteiger partial charge < -0.3 is 15.3 Å². The fraction of sp³-hybridized carbons (Fsp3) is 1.00. The average Bonchev–Trinajstić information content (AvgIpc) is 2.18. The Morgan fingerprint density at radius 2 is 1.13 bits per heavy atom. The zero-order chi connectivity index (χ0) is 12.0. The van der Waals surface area contributed by atoms with E-state index in [2.05, 4.69) is 13.8 Å². The minimum atomic E-state index is 0. The van der Waals surface area contributed by atoms with Crippen LogP contribution in [0, 0.1) is 0 Å². The van der Waals surface area contributed by atoms with Gasteiger partial charge in [0.1, 0.15) is 0 Å². The fourth-order valence-corrected chi connectivity index (χ4v) is 0.500. The minimum absolute atomic E-state index is 0. The molecule has 0 saturated carbocycles. The van der Waals surface area contributed by atoms with Gasteiger partial charge in [-0.1, -0.05) is 39.5 Å². The van der Waals surface area contributed by atoms with Crippen LogP contribution in [0.25, 0.3) is 0 Å². The van der Waals surface area contributed by atoms with Gasteiger partial charge in [0.2, 0.25) is 0 Å². The van der Waals surface area contributed by atoms with Crippen molar-refractivity contribution in [2.24, 2.45) is 0 Å². The highest BCUT2D eigenvalue weighted by Crippen LogP contribution is 2.02. The van der Waals surface area contributed by atoms with Crippen molar-refractivity contribution in [3.63, 3.8) is 0 Å². The first-order valence-electron chi connectivity index (χ1n) is 5.47. The van der Waals surface area contributed by atoms with E-state index in [1.54, 1.807) is 7.11 Å². The lowest BCUT2D eigenvalue weighted by molar-refractivity contribution is 0.0397. The minimum Gasteiger partial charge on any atom is -0.412 e. The molecule has 0 unspecified atom stereocenters. The van der Waals surface area contributed by atoms with Crippen LogP contribution >= 0.6 is 0 Å². The van der Waals surface area contributed by atoms with Gasteiger partial charge in [-0.2, -0.15) is 0 Å². The number of hydrogen-bond donors (Lipinski definition) is 1.